The van der Waals surface area contributed by atoms with E-state index in [1.165, 1.54) is 32.7 Å². The molecule has 0 fully saturated rings. The number of carbonyl (C=O) groups is 1. The highest BCUT2D eigenvalue weighted by atomic mass is 16.5. The minimum Gasteiger partial charge on any atom is -0.496 e. The van der Waals surface area contributed by atoms with E-state index in [1.54, 1.807) is 0 Å². The molecule has 0 aliphatic heterocycles. The van der Waals surface area contributed by atoms with Crippen molar-refractivity contribution < 1.29 is 14.3 Å². The third-order valence-corrected chi connectivity index (χ3v) is 2.37. The van der Waals surface area contributed by atoms with Crippen LogP contribution in [-0.4, -0.2) is 30.2 Å². The maximum absolute atomic E-state index is 11.6. The number of esters is 1. The van der Waals surface area contributed by atoms with Gasteiger partial charge in [0.05, 0.1) is 31.4 Å². The van der Waals surface area contributed by atoms with Crippen molar-refractivity contribution in [2.45, 2.75) is 0 Å². The first-order valence-electron chi connectivity index (χ1n) is 4.81. The van der Waals surface area contributed by atoms with Gasteiger partial charge >= 0.3 is 5.97 Å². The zero-order chi connectivity index (χ0) is 12.4. The number of nitrogens with one attached hydrogen (secondary N) is 1. The van der Waals surface area contributed by atoms with Gasteiger partial charge < -0.3 is 14.5 Å². The number of ether oxygens (including phenoxy) is 2. The van der Waals surface area contributed by atoms with Crippen molar-refractivity contribution in [3.63, 3.8) is 0 Å². The third kappa shape index (κ3) is 1.84. The van der Waals surface area contributed by atoms with Gasteiger partial charge in [0, 0.05) is 6.07 Å². The number of fused-ring (bicyclic) bond motifs is 1. The van der Waals surface area contributed by atoms with Crippen molar-refractivity contribution >= 4 is 16.9 Å². The molecule has 2 aromatic rings. The van der Waals surface area contributed by atoms with Gasteiger partial charge in [0.15, 0.2) is 0 Å². The first-order chi connectivity index (χ1) is 8.17. The fourth-order valence-corrected chi connectivity index (χ4v) is 1.53. The number of benzene rings is 1. The van der Waals surface area contributed by atoms with Crippen LogP contribution in [0.5, 0.6) is 5.75 Å². The van der Waals surface area contributed by atoms with Crippen LogP contribution < -0.4 is 10.3 Å². The zero-order valence-corrected chi connectivity index (χ0v) is 9.31. The molecule has 0 atom stereocenters. The maximum atomic E-state index is 11.6. The summed E-state index contributed by atoms with van der Waals surface area (Å²) in [5.41, 5.74) is 0.335. The van der Waals surface area contributed by atoms with Gasteiger partial charge in [0.1, 0.15) is 11.3 Å². The molecule has 6 heteroatoms. The molecule has 2 rings (SSSR count). The topological polar surface area (TPSA) is 81.3 Å². The Morgan fingerprint density at radius 1 is 1.35 bits per heavy atom. The Labute approximate surface area is 96.2 Å². The van der Waals surface area contributed by atoms with Gasteiger partial charge in [-0.05, 0) is 6.07 Å². The molecule has 0 bridgehead atoms. The smallest absolute Gasteiger partial charge is 0.341 e. The largest absolute Gasteiger partial charge is 0.496 e. The molecule has 1 heterocycles. The Morgan fingerprint density at radius 3 is 2.76 bits per heavy atom. The summed E-state index contributed by atoms with van der Waals surface area (Å²) in [5.74, 6) is -0.241. The van der Waals surface area contributed by atoms with Gasteiger partial charge in [0.2, 0.25) is 0 Å². The van der Waals surface area contributed by atoms with Gasteiger partial charge in [-0.1, -0.05) is 0 Å². The molecule has 0 aliphatic rings. The highest BCUT2D eigenvalue weighted by Gasteiger charge is 2.15. The lowest BCUT2D eigenvalue weighted by Gasteiger charge is -2.07. The Bertz CT molecular complexity index is 633. The number of rotatable bonds is 2. The van der Waals surface area contributed by atoms with E-state index in [1.807, 2.05) is 0 Å². The Morgan fingerprint density at radius 2 is 2.12 bits per heavy atom. The monoisotopic (exact) mass is 234 g/mol. The Hall–Kier alpha value is -2.37. The van der Waals surface area contributed by atoms with Gasteiger partial charge in [-0.15, -0.1) is 0 Å². The van der Waals surface area contributed by atoms with Crippen molar-refractivity contribution in [3.05, 3.63) is 34.4 Å². The summed E-state index contributed by atoms with van der Waals surface area (Å²) in [6.07, 6.45) is 1.29. The predicted molar refractivity (Wildman–Crippen MR) is 60.3 cm³/mol. The molecule has 0 aliphatic carbocycles. The summed E-state index contributed by atoms with van der Waals surface area (Å²) in [5, 5.41) is 0.314. The van der Waals surface area contributed by atoms with E-state index >= 15 is 0 Å². The van der Waals surface area contributed by atoms with Crippen LogP contribution >= 0.6 is 0 Å². The number of aromatic nitrogens is 2. The summed E-state index contributed by atoms with van der Waals surface area (Å²) < 4.78 is 9.68. The molecule has 0 spiro atoms. The predicted octanol–water partition coefficient (Wildman–Crippen LogP) is 0.718. The van der Waals surface area contributed by atoms with Crippen molar-refractivity contribution in [1.29, 1.82) is 0 Å². The average molecular weight is 234 g/mol. The second-order valence-corrected chi connectivity index (χ2v) is 3.29. The molecule has 0 saturated heterocycles. The Balaban J connectivity index is 2.79. The summed E-state index contributed by atoms with van der Waals surface area (Å²) in [6, 6.07) is 2.93. The second-order valence-electron chi connectivity index (χ2n) is 3.29. The number of nitrogens with zero attached hydrogens (tertiary/aromatic N) is 1. The first kappa shape index (κ1) is 11.1. The fraction of sp³-hybridized carbons (Fsp3) is 0.182. The zero-order valence-electron chi connectivity index (χ0n) is 9.31. The van der Waals surface area contributed by atoms with E-state index in [0.29, 0.717) is 16.7 Å². The molecule has 6 nitrogen and oxygen atoms in total. The molecule has 0 amide bonds. The number of carbonyl (C=O) groups excluding carboxylic acids is 1. The lowest BCUT2D eigenvalue weighted by molar-refractivity contribution is 0.0597. The molecule has 1 aromatic carbocycles. The van der Waals surface area contributed by atoms with Crippen molar-refractivity contribution in [1.82, 2.24) is 9.97 Å². The van der Waals surface area contributed by atoms with Crippen LogP contribution in [0.3, 0.4) is 0 Å². The normalized spacial score (nSPS) is 10.2. The standard InChI is InChI=1S/C11H10N2O4/c1-16-9-4-8-6(10(14)13-5-12-8)3-7(9)11(15)17-2/h3-5H,1-2H3,(H,12,13,14). The van der Waals surface area contributed by atoms with E-state index < -0.39 is 5.97 Å². The van der Waals surface area contributed by atoms with Crippen LogP contribution in [0.2, 0.25) is 0 Å². The van der Waals surface area contributed by atoms with Crippen LogP contribution in [0.15, 0.2) is 23.3 Å². The highest BCUT2D eigenvalue weighted by Crippen LogP contribution is 2.23. The van der Waals surface area contributed by atoms with Crippen LogP contribution in [0.4, 0.5) is 0 Å². The number of hydrogen-bond donors (Lipinski definition) is 1. The summed E-state index contributed by atoms with van der Waals surface area (Å²) in [4.78, 5) is 29.5. The molecule has 1 aromatic heterocycles. The summed E-state index contributed by atoms with van der Waals surface area (Å²) in [6.45, 7) is 0. The molecule has 88 valence electrons. The minimum atomic E-state index is -0.563. The van der Waals surface area contributed by atoms with Gasteiger partial charge in [0.25, 0.3) is 5.56 Å². The number of methoxy groups -OCH3 is 2. The average Bonchev–Trinajstić information content (AvgIpc) is 2.37. The molecule has 1 N–H and O–H groups in total. The maximum Gasteiger partial charge on any atom is 0.341 e. The first-order valence-corrected chi connectivity index (χ1v) is 4.81. The fourth-order valence-electron chi connectivity index (χ4n) is 1.53. The van der Waals surface area contributed by atoms with Gasteiger partial charge in [-0.25, -0.2) is 9.78 Å². The molecular weight excluding hydrogens is 224 g/mol. The molecule has 0 radical (unpaired) electrons. The van der Waals surface area contributed by atoms with Gasteiger partial charge in [-0.3, -0.25) is 4.79 Å². The van der Waals surface area contributed by atoms with Crippen molar-refractivity contribution in [2.24, 2.45) is 0 Å². The van der Waals surface area contributed by atoms with Crippen molar-refractivity contribution in [3.8, 4) is 5.75 Å². The number of hydrogen-bond acceptors (Lipinski definition) is 5. The van der Waals surface area contributed by atoms with Gasteiger partial charge in [-0.2, -0.15) is 0 Å². The molecular formula is C11H10N2O4. The van der Waals surface area contributed by atoms with E-state index in [4.69, 9.17) is 4.74 Å². The molecule has 17 heavy (non-hydrogen) atoms. The van der Waals surface area contributed by atoms with E-state index in [2.05, 4.69) is 14.7 Å². The summed E-state index contributed by atoms with van der Waals surface area (Å²) >= 11 is 0. The Kier molecular flexibility index (Phi) is 2.78. The number of H-pyrrole nitrogens is 1. The summed E-state index contributed by atoms with van der Waals surface area (Å²) in [7, 11) is 2.69. The number of aromatic amines is 1. The van der Waals surface area contributed by atoms with Crippen LogP contribution in [0.25, 0.3) is 10.9 Å². The SMILES string of the molecule is COC(=O)c1cc2c(=O)[nH]cnc2cc1OC. The second kappa shape index (κ2) is 4.25. The van der Waals surface area contributed by atoms with Crippen molar-refractivity contribution in [2.75, 3.05) is 14.2 Å². The molecule has 0 unspecified atom stereocenters. The van der Waals surface area contributed by atoms with E-state index in [0.717, 1.165) is 0 Å². The van der Waals surface area contributed by atoms with E-state index in [9.17, 15) is 9.59 Å². The van der Waals surface area contributed by atoms with E-state index in [-0.39, 0.29) is 11.1 Å². The highest BCUT2D eigenvalue weighted by molar-refractivity contribution is 5.97. The third-order valence-electron chi connectivity index (χ3n) is 2.37. The minimum absolute atomic E-state index is 0.195. The molecule has 0 saturated carbocycles. The van der Waals surface area contributed by atoms with Crippen LogP contribution in [0.1, 0.15) is 10.4 Å². The lowest BCUT2D eigenvalue weighted by Crippen LogP contribution is -2.10. The lowest BCUT2D eigenvalue weighted by atomic mass is 10.1. The van der Waals surface area contributed by atoms with Crippen LogP contribution in [-0.2, 0) is 4.74 Å². The quantitative estimate of drug-likeness (QED) is 0.774. The van der Waals surface area contributed by atoms with Crippen LogP contribution in [0, 0.1) is 0 Å².